The lowest BCUT2D eigenvalue weighted by Crippen LogP contribution is -2.10. The van der Waals surface area contributed by atoms with Gasteiger partial charge in [-0.05, 0) is 5.92 Å². The molecule has 0 bridgehead atoms. The minimum atomic E-state index is 0.202. The molecule has 1 aromatic rings. The third-order valence-electron chi connectivity index (χ3n) is 1.62. The molecule has 0 fully saturated rings. The first-order valence-electron chi connectivity index (χ1n) is 4.99. The largest absolute Gasteiger partial charge is 0.488 e. The maximum Gasteiger partial charge on any atom is 0.193 e. The van der Waals surface area contributed by atoms with Gasteiger partial charge in [-0.3, -0.25) is 0 Å². The van der Waals surface area contributed by atoms with Gasteiger partial charge < -0.3 is 9.47 Å². The smallest absolute Gasteiger partial charge is 0.193 e. The summed E-state index contributed by atoms with van der Waals surface area (Å²) in [5.74, 6) is 0.940. The van der Waals surface area contributed by atoms with Gasteiger partial charge in [0.2, 0.25) is 0 Å². The summed E-state index contributed by atoms with van der Waals surface area (Å²) in [5, 5.41) is 7.66. The highest BCUT2D eigenvalue weighted by Crippen LogP contribution is 2.23. The highest BCUT2D eigenvalue weighted by Gasteiger charge is 2.05. The fourth-order valence-corrected chi connectivity index (χ4v) is 1.25. The van der Waals surface area contributed by atoms with Gasteiger partial charge in [-0.1, -0.05) is 37.0 Å². The van der Waals surface area contributed by atoms with E-state index in [9.17, 15) is 0 Å². The normalized spacial score (nSPS) is 10.8. The van der Waals surface area contributed by atoms with E-state index in [2.05, 4.69) is 24.0 Å². The van der Waals surface area contributed by atoms with Gasteiger partial charge in [0.15, 0.2) is 16.1 Å². The van der Waals surface area contributed by atoms with Crippen molar-refractivity contribution < 1.29 is 9.47 Å². The van der Waals surface area contributed by atoms with E-state index in [1.807, 2.05) is 0 Å². The lowest BCUT2D eigenvalue weighted by Gasteiger charge is -2.09. The maximum absolute atomic E-state index is 5.76. The summed E-state index contributed by atoms with van der Waals surface area (Å²) >= 11 is 11.4. The molecule has 0 aromatic carbocycles. The first kappa shape index (κ1) is 13.5. The molecule has 1 rings (SSSR count). The van der Waals surface area contributed by atoms with Crippen LogP contribution in [-0.4, -0.2) is 30.0 Å². The van der Waals surface area contributed by atoms with Gasteiger partial charge in [-0.25, -0.2) is 0 Å². The van der Waals surface area contributed by atoms with Crippen molar-refractivity contribution in [3.8, 4) is 5.75 Å². The molecule has 1 heterocycles. The van der Waals surface area contributed by atoms with E-state index in [1.54, 1.807) is 0 Å². The second-order valence-corrected chi connectivity index (χ2v) is 4.38. The first-order valence-corrected chi connectivity index (χ1v) is 5.74. The topological polar surface area (TPSA) is 44.2 Å². The van der Waals surface area contributed by atoms with E-state index in [0.717, 1.165) is 0 Å². The monoisotopic (exact) mass is 264 g/mol. The number of halogens is 2. The van der Waals surface area contributed by atoms with Crippen LogP contribution in [0.5, 0.6) is 5.75 Å². The molecule has 0 aliphatic carbocycles. The molecule has 0 saturated heterocycles. The lowest BCUT2D eigenvalue weighted by atomic mass is 10.2. The predicted octanol–water partition coefficient (Wildman–Crippen LogP) is 2.83. The van der Waals surface area contributed by atoms with Crippen LogP contribution < -0.4 is 4.74 Å². The van der Waals surface area contributed by atoms with E-state index >= 15 is 0 Å². The van der Waals surface area contributed by atoms with Crippen LogP contribution in [0.2, 0.25) is 10.3 Å². The number of rotatable bonds is 6. The summed E-state index contributed by atoms with van der Waals surface area (Å²) in [5.41, 5.74) is 0. The Morgan fingerprint density at radius 2 is 2.00 bits per heavy atom. The molecule has 0 atom stereocenters. The Bertz CT molecular complexity index is 335. The molecule has 0 radical (unpaired) electrons. The standard InChI is InChI=1S/C10H14Cl2N2O2/c1-7(2)6-15-3-4-16-8-5-9(11)13-14-10(8)12/h5,7H,3-4,6H2,1-2H3. The van der Waals surface area contributed by atoms with Crippen LogP contribution >= 0.6 is 23.2 Å². The van der Waals surface area contributed by atoms with Gasteiger partial charge in [-0.2, -0.15) is 0 Å². The predicted molar refractivity (Wildman–Crippen MR) is 63.2 cm³/mol. The Hall–Kier alpha value is -0.580. The molecule has 0 saturated carbocycles. The highest BCUT2D eigenvalue weighted by atomic mass is 35.5. The Morgan fingerprint density at radius 3 is 2.69 bits per heavy atom. The van der Waals surface area contributed by atoms with E-state index in [1.165, 1.54) is 6.07 Å². The third-order valence-corrected chi connectivity index (χ3v) is 2.07. The van der Waals surface area contributed by atoms with Crippen molar-refractivity contribution in [1.29, 1.82) is 0 Å². The second-order valence-electron chi connectivity index (χ2n) is 3.64. The molecule has 1 aromatic heterocycles. The van der Waals surface area contributed by atoms with Gasteiger partial charge in [0, 0.05) is 12.7 Å². The Kier molecular flexibility index (Phi) is 5.80. The van der Waals surface area contributed by atoms with Crippen molar-refractivity contribution in [2.24, 2.45) is 5.92 Å². The van der Waals surface area contributed by atoms with Crippen LogP contribution in [0.1, 0.15) is 13.8 Å². The summed E-state index contributed by atoms with van der Waals surface area (Å²) in [7, 11) is 0. The van der Waals surface area contributed by atoms with Gasteiger partial charge in [0.05, 0.1) is 6.61 Å². The number of ether oxygens (including phenoxy) is 2. The molecular weight excluding hydrogens is 251 g/mol. The molecule has 0 N–H and O–H groups in total. The summed E-state index contributed by atoms with van der Waals surface area (Å²) in [4.78, 5) is 0. The first-order chi connectivity index (χ1) is 7.59. The summed E-state index contributed by atoms with van der Waals surface area (Å²) < 4.78 is 10.7. The Balaban J connectivity index is 2.29. The zero-order chi connectivity index (χ0) is 12.0. The molecule has 0 unspecified atom stereocenters. The number of aromatic nitrogens is 2. The number of hydrogen-bond donors (Lipinski definition) is 0. The van der Waals surface area contributed by atoms with Crippen LogP contribution in [0, 0.1) is 5.92 Å². The van der Waals surface area contributed by atoms with Crippen molar-refractivity contribution >= 4 is 23.2 Å². The maximum atomic E-state index is 5.76. The summed E-state index contributed by atoms with van der Waals surface area (Å²) in [6.07, 6.45) is 0. The number of hydrogen-bond acceptors (Lipinski definition) is 4. The van der Waals surface area contributed by atoms with E-state index in [4.69, 9.17) is 32.7 Å². The van der Waals surface area contributed by atoms with Crippen molar-refractivity contribution in [1.82, 2.24) is 10.2 Å². The molecule has 0 amide bonds. The molecule has 0 spiro atoms. The molecule has 90 valence electrons. The molecule has 6 heteroatoms. The summed E-state index contributed by atoms with van der Waals surface area (Å²) in [6, 6.07) is 1.53. The van der Waals surface area contributed by atoms with Gasteiger partial charge >= 0.3 is 0 Å². The van der Waals surface area contributed by atoms with Crippen LogP contribution in [0.3, 0.4) is 0 Å². The molecule has 0 aliphatic rings. The molecule has 16 heavy (non-hydrogen) atoms. The average Bonchev–Trinajstić information content (AvgIpc) is 2.22. The van der Waals surface area contributed by atoms with Crippen molar-refractivity contribution in [3.63, 3.8) is 0 Å². The second kappa shape index (κ2) is 6.89. The Labute approximate surface area is 105 Å². The zero-order valence-electron chi connectivity index (χ0n) is 9.24. The quantitative estimate of drug-likeness (QED) is 0.742. The number of nitrogens with zero attached hydrogens (tertiary/aromatic N) is 2. The van der Waals surface area contributed by atoms with Gasteiger partial charge in [-0.15, -0.1) is 10.2 Å². The molecular formula is C10H14Cl2N2O2. The van der Waals surface area contributed by atoms with Crippen LogP contribution in [0.25, 0.3) is 0 Å². The van der Waals surface area contributed by atoms with Crippen LogP contribution in [0.4, 0.5) is 0 Å². The van der Waals surface area contributed by atoms with Crippen LogP contribution in [-0.2, 0) is 4.74 Å². The van der Waals surface area contributed by atoms with Crippen molar-refractivity contribution in [2.45, 2.75) is 13.8 Å². The lowest BCUT2D eigenvalue weighted by molar-refractivity contribution is 0.0818. The zero-order valence-corrected chi connectivity index (χ0v) is 10.8. The van der Waals surface area contributed by atoms with Crippen molar-refractivity contribution in [2.75, 3.05) is 19.8 Å². The summed E-state index contributed by atoms with van der Waals surface area (Å²) in [6.45, 7) is 5.81. The molecule has 0 aliphatic heterocycles. The van der Waals surface area contributed by atoms with Crippen molar-refractivity contribution in [3.05, 3.63) is 16.4 Å². The van der Waals surface area contributed by atoms with E-state index in [0.29, 0.717) is 31.5 Å². The van der Waals surface area contributed by atoms with E-state index in [-0.39, 0.29) is 10.3 Å². The fourth-order valence-electron chi connectivity index (χ4n) is 0.968. The minimum absolute atomic E-state index is 0.202. The van der Waals surface area contributed by atoms with Gasteiger partial charge in [0.25, 0.3) is 0 Å². The SMILES string of the molecule is CC(C)COCCOc1cc(Cl)nnc1Cl. The van der Waals surface area contributed by atoms with Crippen LogP contribution in [0.15, 0.2) is 6.07 Å². The Morgan fingerprint density at radius 1 is 1.25 bits per heavy atom. The third kappa shape index (κ3) is 4.96. The molecule has 4 nitrogen and oxygen atoms in total. The van der Waals surface area contributed by atoms with Gasteiger partial charge in [0.1, 0.15) is 6.61 Å². The minimum Gasteiger partial charge on any atom is -0.488 e. The highest BCUT2D eigenvalue weighted by molar-refractivity contribution is 6.32. The van der Waals surface area contributed by atoms with E-state index < -0.39 is 0 Å². The fraction of sp³-hybridized carbons (Fsp3) is 0.600. The average molecular weight is 265 g/mol.